The van der Waals surface area contributed by atoms with Crippen LogP contribution in [0.5, 0.6) is 5.75 Å². The number of carbonyl (C=O) groups is 1. The second kappa shape index (κ2) is 6.00. The molecule has 1 N–H and O–H groups in total. The van der Waals surface area contributed by atoms with Gasteiger partial charge in [-0.1, -0.05) is 12.1 Å². The number of nitro groups is 1. The van der Waals surface area contributed by atoms with E-state index in [2.05, 4.69) is 0 Å². The van der Waals surface area contributed by atoms with Crippen molar-refractivity contribution in [3.63, 3.8) is 0 Å². The van der Waals surface area contributed by atoms with Crippen LogP contribution in [0.15, 0.2) is 42.5 Å². The summed E-state index contributed by atoms with van der Waals surface area (Å²) in [4.78, 5) is 20.7. The predicted octanol–water partition coefficient (Wildman–Crippen LogP) is 3.01. The largest absolute Gasteiger partial charge is 0.489 e. The van der Waals surface area contributed by atoms with E-state index in [1.807, 2.05) is 0 Å². The number of ether oxygens (including phenoxy) is 1. The zero-order chi connectivity index (χ0) is 15.4. The minimum absolute atomic E-state index is 0.0298. The molecule has 0 bridgehead atoms. The monoisotopic (exact) mass is 291 g/mol. The summed E-state index contributed by atoms with van der Waals surface area (Å²) < 4.78 is 18.8. The second-order valence-electron chi connectivity index (χ2n) is 4.16. The maximum atomic E-state index is 13.5. The van der Waals surface area contributed by atoms with Gasteiger partial charge in [0.15, 0.2) is 0 Å². The lowest BCUT2D eigenvalue weighted by atomic mass is 10.1. The molecule has 0 spiro atoms. The number of hydrogen-bond acceptors (Lipinski definition) is 4. The van der Waals surface area contributed by atoms with Gasteiger partial charge in [0.05, 0.1) is 16.6 Å². The molecule has 2 aromatic carbocycles. The van der Waals surface area contributed by atoms with Crippen molar-refractivity contribution in [2.75, 3.05) is 0 Å². The molecule has 0 atom stereocenters. The fraction of sp³-hybridized carbons (Fsp3) is 0.0714. The molecular formula is C14H10FNO5. The number of nitro benzene ring substituents is 1. The van der Waals surface area contributed by atoms with Crippen LogP contribution in [0.3, 0.4) is 0 Å². The number of hydrogen-bond donors (Lipinski definition) is 1. The molecule has 0 aliphatic heterocycles. The Morgan fingerprint density at radius 2 is 2.05 bits per heavy atom. The van der Waals surface area contributed by atoms with E-state index in [1.165, 1.54) is 30.3 Å². The summed E-state index contributed by atoms with van der Waals surface area (Å²) in [7, 11) is 0. The van der Waals surface area contributed by atoms with Crippen molar-refractivity contribution in [2.24, 2.45) is 0 Å². The standard InChI is InChI=1S/C14H10FNO5/c15-13-6-9(4-5-12(13)14(17)18)8-21-11-3-1-2-10(7-11)16(19)20/h1-7H,8H2,(H,17,18). The average Bonchev–Trinajstić information content (AvgIpc) is 2.45. The van der Waals surface area contributed by atoms with Gasteiger partial charge in [0, 0.05) is 6.07 Å². The Morgan fingerprint density at radius 1 is 1.29 bits per heavy atom. The van der Waals surface area contributed by atoms with Crippen molar-refractivity contribution in [1.82, 2.24) is 0 Å². The summed E-state index contributed by atoms with van der Waals surface area (Å²) in [5.41, 5.74) is -0.113. The molecule has 0 radical (unpaired) electrons. The first kappa shape index (κ1) is 14.4. The van der Waals surface area contributed by atoms with Gasteiger partial charge in [0.2, 0.25) is 0 Å². The van der Waals surface area contributed by atoms with Crippen molar-refractivity contribution in [3.8, 4) is 5.75 Å². The molecule has 0 aliphatic carbocycles. The van der Waals surface area contributed by atoms with Crippen LogP contribution in [0.4, 0.5) is 10.1 Å². The molecule has 0 unspecified atom stereocenters. The first-order valence-electron chi connectivity index (χ1n) is 5.86. The highest BCUT2D eigenvalue weighted by molar-refractivity contribution is 5.87. The van der Waals surface area contributed by atoms with Crippen LogP contribution in [0, 0.1) is 15.9 Å². The van der Waals surface area contributed by atoms with Crippen molar-refractivity contribution < 1.29 is 24.0 Å². The molecule has 21 heavy (non-hydrogen) atoms. The summed E-state index contributed by atoms with van der Waals surface area (Å²) in [5.74, 6) is -1.94. The van der Waals surface area contributed by atoms with Gasteiger partial charge in [-0.3, -0.25) is 10.1 Å². The Hall–Kier alpha value is -2.96. The van der Waals surface area contributed by atoms with E-state index in [9.17, 15) is 19.3 Å². The lowest BCUT2D eigenvalue weighted by molar-refractivity contribution is -0.384. The topological polar surface area (TPSA) is 89.7 Å². The van der Waals surface area contributed by atoms with Gasteiger partial charge in [-0.25, -0.2) is 9.18 Å². The van der Waals surface area contributed by atoms with Crippen LogP contribution >= 0.6 is 0 Å². The number of carboxylic acids is 1. The van der Waals surface area contributed by atoms with Gasteiger partial charge < -0.3 is 9.84 Å². The van der Waals surface area contributed by atoms with E-state index in [0.717, 1.165) is 12.1 Å². The molecule has 0 amide bonds. The molecule has 108 valence electrons. The molecule has 7 heteroatoms. The van der Waals surface area contributed by atoms with Gasteiger partial charge >= 0.3 is 5.97 Å². The predicted molar refractivity (Wildman–Crippen MR) is 70.8 cm³/mol. The van der Waals surface area contributed by atoms with Gasteiger partial charge in [0.1, 0.15) is 18.2 Å². The third-order valence-electron chi connectivity index (χ3n) is 2.70. The highest BCUT2D eigenvalue weighted by Gasteiger charge is 2.11. The number of rotatable bonds is 5. The highest BCUT2D eigenvalue weighted by atomic mass is 19.1. The van der Waals surface area contributed by atoms with E-state index < -0.39 is 22.3 Å². The maximum absolute atomic E-state index is 13.5. The summed E-state index contributed by atoms with van der Waals surface area (Å²) in [6, 6.07) is 9.21. The van der Waals surface area contributed by atoms with Gasteiger partial charge in [-0.05, 0) is 23.8 Å². The van der Waals surface area contributed by atoms with E-state index in [1.54, 1.807) is 0 Å². The fourth-order valence-electron chi connectivity index (χ4n) is 1.68. The third kappa shape index (κ3) is 3.53. The van der Waals surface area contributed by atoms with E-state index in [-0.39, 0.29) is 18.0 Å². The van der Waals surface area contributed by atoms with Crippen molar-refractivity contribution in [2.45, 2.75) is 6.61 Å². The van der Waals surface area contributed by atoms with E-state index >= 15 is 0 Å². The quantitative estimate of drug-likeness (QED) is 0.675. The summed E-state index contributed by atoms with van der Waals surface area (Å²) in [6.07, 6.45) is 0. The Bertz CT molecular complexity index is 702. The van der Waals surface area contributed by atoms with Crippen LogP contribution in [0.2, 0.25) is 0 Å². The minimum Gasteiger partial charge on any atom is -0.489 e. The number of halogens is 1. The molecular weight excluding hydrogens is 281 g/mol. The Kier molecular flexibility index (Phi) is 4.13. The molecule has 0 fully saturated rings. The molecule has 2 rings (SSSR count). The van der Waals surface area contributed by atoms with Crippen LogP contribution in [0.25, 0.3) is 0 Å². The molecule has 6 nitrogen and oxygen atoms in total. The first-order chi connectivity index (χ1) is 9.97. The number of aromatic carboxylic acids is 1. The Morgan fingerprint density at radius 3 is 2.67 bits per heavy atom. The second-order valence-corrected chi connectivity index (χ2v) is 4.16. The SMILES string of the molecule is O=C(O)c1ccc(COc2cccc([N+](=O)[O-])c2)cc1F. The van der Waals surface area contributed by atoms with Crippen LogP contribution < -0.4 is 4.74 Å². The smallest absolute Gasteiger partial charge is 0.338 e. The fourth-order valence-corrected chi connectivity index (χ4v) is 1.68. The zero-order valence-electron chi connectivity index (χ0n) is 10.7. The zero-order valence-corrected chi connectivity index (χ0v) is 10.7. The Labute approximate surface area is 118 Å². The number of carboxylic acid groups (broad SMARTS) is 1. The highest BCUT2D eigenvalue weighted by Crippen LogP contribution is 2.20. The van der Waals surface area contributed by atoms with Crippen LogP contribution in [-0.2, 0) is 6.61 Å². The number of nitrogens with zero attached hydrogens (tertiary/aromatic N) is 1. The van der Waals surface area contributed by atoms with Crippen LogP contribution in [-0.4, -0.2) is 16.0 Å². The van der Waals surface area contributed by atoms with Crippen molar-refractivity contribution >= 4 is 11.7 Å². The minimum atomic E-state index is -1.35. The molecule has 0 aliphatic rings. The molecule has 0 aromatic heterocycles. The maximum Gasteiger partial charge on any atom is 0.338 e. The van der Waals surface area contributed by atoms with E-state index in [4.69, 9.17) is 9.84 Å². The number of benzene rings is 2. The normalized spacial score (nSPS) is 10.1. The molecule has 0 saturated carbocycles. The average molecular weight is 291 g/mol. The third-order valence-corrected chi connectivity index (χ3v) is 2.70. The van der Waals surface area contributed by atoms with Crippen LogP contribution in [0.1, 0.15) is 15.9 Å². The Balaban J connectivity index is 2.10. The van der Waals surface area contributed by atoms with Crippen molar-refractivity contribution in [1.29, 1.82) is 0 Å². The molecule has 0 heterocycles. The lowest BCUT2D eigenvalue weighted by Gasteiger charge is -2.07. The summed E-state index contributed by atoms with van der Waals surface area (Å²) in [6.45, 7) is -0.0298. The lowest BCUT2D eigenvalue weighted by Crippen LogP contribution is -2.03. The number of non-ortho nitro benzene ring substituents is 1. The van der Waals surface area contributed by atoms with E-state index in [0.29, 0.717) is 5.56 Å². The molecule has 0 saturated heterocycles. The van der Waals surface area contributed by atoms with Gasteiger partial charge in [-0.15, -0.1) is 0 Å². The first-order valence-corrected chi connectivity index (χ1v) is 5.86. The van der Waals surface area contributed by atoms with Gasteiger partial charge in [-0.2, -0.15) is 0 Å². The van der Waals surface area contributed by atoms with Crippen molar-refractivity contribution in [3.05, 3.63) is 69.5 Å². The summed E-state index contributed by atoms with van der Waals surface area (Å²) >= 11 is 0. The summed E-state index contributed by atoms with van der Waals surface area (Å²) in [5, 5.41) is 19.3. The molecule has 2 aromatic rings. The van der Waals surface area contributed by atoms with Gasteiger partial charge in [0.25, 0.3) is 5.69 Å².